The lowest BCUT2D eigenvalue weighted by atomic mass is 10.0. The van der Waals surface area contributed by atoms with Crippen molar-refractivity contribution in [1.82, 2.24) is 24.2 Å². The van der Waals surface area contributed by atoms with Gasteiger partial charge in [0.2, 0.25) is 10.0 Å². The predicted molar refractivity (Wildman–Crippen MR) is 129 cm³/mol. The molecule has 3 fully saturated rings. The van der Waals surface area contributed by atoms with Gasteiger partial charge in [0.25, 0.3) is 6.43 Å². The first-order chi connectivity index (χ1) is 17.8. The molecular formula is C22H25F3N6O4S2. The number of fused-ring (bicyclic) bond motifs is 2. The molecule has 0 unspecified atom stereocenters. The molecule has 0 spiro atoms. The number of nitrogens with zero attached hydrogens (tertiary/aromatic N) is 5. The van der Waals surface area contributed by atoms with Crippen LogP contribution in [0.15, 0.2) is 29.3 Å². The van der Waals surface area contributed by atoms with Crippen LogP contribution >= 0.6 is 11.3 Å². The first-order valence-corrected chi connectivity index (χ1v) is 14.1. The van der Waals surface area contributed by atoms with Gasteiger partial charge in [-0.25, -0.2) is 21.6 Å². The lowest BCUT2D eigenvalue weighted by molar-refractivity contribution is -0.0725. The van der Waals surface area contributed by atoms with Gasteiger partial charge in [-0.2, -0.15) is 4.72 Å². The quantitative estimate of drug-likeness (QED) is 0.470. The lowest BCUT2D eigenvalue weighted by Crippen LogP contribution is -2.63. The Morgan fingerprint density at radius 3 is 2.73 bits per heavy atom. The normalized spacial score (nSPS) is 22.4. The van der Waals surface area contributed by atoms with Crippen molar-refractivity contribution in [3.05, 3.63) is 29.4 Å². The summed E-state index contributed by atoms with van der Waals surface area (Å²) in [6.07, 6.45) is -0.994. The van der Waals surface area contributed by atoms with Gasteiger partial charge in [-0.1, -0.05) is 11.3 Å². The molecule has 10 nitrogen and oxygen atoms in total. The monoisotopic (exact) mass is 558 g/mol. The lowest BCUT2D eigenvalue weighted by Gasteiger charge is -2.44. The number of ether oxygens (including phenoxy) is 2. The van der Waals surface area contributed by atoms with Crippen molar-refractivity contribution in [1.29, 1.82) is 0 Å². The molecule has 1 N–H and O–H groups in total. The maximum absolute atomic E-state index is 13.7. The molecule has 3 saturated heterocycles. The Kier molecular flexibility index (Phi) is 6.40. The van der Waals surface area contributed by atoms with Crippen LogP contribution in [0.5, 0.6) is 0 Å². The van der Waals surface area contributed by atoms with Gasteiger partial charge in [-0.3, -0.25) is 4.90 Å². The molecule has 3 aromatic heterocycles. The summed E-state index contributed by atoms with van der Waals surface area (Å²) in [6.45, 7) is 3.16. The van der Waals surface area contributed by atoms with Crippen LogP contribution in [0, 0.1) is 0 Å². The van der Waals surface area contributed by atoms with Gasteiger partial charge in [-0.15, -0.1) is 10.2 Å². The second-order valence-corrected chi connectivity index (χ2v) is 12.2. The Bertz CT molecular complexity index is 1410. The van der Waals surface area contributed by atoms with Gasteiger partial charge in [0.1, 0.15) is 23.0 Å². The van der Waals surface area contributed by atoms with Crippen LogP contribution in [0.25, 0.3) is 16.1 Å². The molecule has 0 saturated carbocycles. The van der Waals surface area contributed by atoms with Crippen LogP contribution < -0.4 is 9.62 Å². The number of halogens is 3. The number of anilines is 1. The van der Waals surface area contributed by atoms with Crippen molar-refractivity contribution < 1.29 is 31.1 Å². The molecule has 37 heavy (non-hydrogen) atoms. The van der Waals surface area contributed by atoms with Gasteiger partial charge in [0, 0.05) is 37.9 Å². The number of pyridine rings is 1. The average molecular weight is 559 g/mol. The van der Waals surface area contributed by atoms with E-state index in [1.807, 2.05) is 4.40 Å². The Balaban J connectivity index is 1.45. The maximum Gasteiger partial charge on any atom is 0.291 e. The molecule has 0 aromatic carbocycles. The number of nitrogens with one attached hydrogen (secondary N) is 1. The van der Waals surface area contributed by atoms with Crippen molar-refractivity contribution in [2.75, 3.05) is 64.2 Å². The Hall–Kier alpha value is -2.30. The van der Waals surface area contributed by atoms with E-state index < -0.39 is 33.7 Å². The number of hydrogen-bond donors (Lipinski definition) is 1. The summed E-state index contributed by atoms with van der Waals surface area (Å²) in [7, 11) is -4.15. The van der Waals surface area contributed by atoms with Crippen molar-refractivity contribution >= 4 is 32.7 Å². The van der Waals surface area contributed by atoms with Crippen LogP contribution in [-0.4, -0.2) is 98.8 Å². The van der Waals surface area contributed by atoms with Crippen molar-refractivity contribution in [3.63, 3.8) is 0 Å². The van der Waals surface area contributed by atoms with Crippen LogP contribution in [0.2, 0.25) is 0 Å². The van der Waals surface area contributed by atoms with Crippen LogP contribution in [0.1, 0.15) is 11.4 Å². The van der Waals surface area contributed by atoms with E-state index in [9.17, 15) is 21.6 Å². The second kappa shape index (κ2) is 9.47. The highest BCUT2D eigenvalue weighted by molar-refractivity contribution is 7.89. The SMILES string of the molecule is O=S(=O)(NC1(CF)COC1)c1cc(N2CCN3CCOC[C@H]3C2)n2ccc(-c3nnc(C(F)F)s3)c2c1. The van der Waals surface area contributed by atoms with Crippen LogP contribution in [0.3, 0.4) is 0 Å². The summed E-state index contributed by atoms with van der Waals surface area (Å²) < 4.78 is 82.0. The number of hydrogen-bond acceptors (Lipinski definition) is 9. The molecule has 3 aromatic rings. The molecule has 3 aliphatic heterocycles. The van der Waals surface area contributed by atoms with Crippen molar-refractivity contribution in [2.24, 2.45) is 0 Å². The fraction of sp³-hybridized carbons (Fsp3) is 0.545. The van der Waals surface area contributed by atoms with Gasteiger partial charge in [0.05, 0.1) is 42.9 Å². The van der Waals surface area contributed by atoms with E-state index in [2.05, 4.69) is 24.7 Å². The van der Waals surface area contributed by atoms with Crippen molar-refractivity contribution in [3.8, 4) is 10.6 Å². The summed E-state index contributed by atoms with van der Waals surface area (Å²) in [5.74, 6) is 0.618. The molecule has 15 heteroatoms. The molecule has 1 atom stereocenters. The van der Waals surface area contributed by atoms with E-state index in [0.29, 0.717) is 43.2 Å². The third-order valence-corrected chi connectivity index (χ3v) is 9.54. The van der Waals surface area contributed by atoms with Gasteiger partial charge < -0.3 is 18.8 Å². The molecule has 0 amide bonds. The minimum absolute atomic E-state index is 0.0565. The fourth-order valence-electron chi connectivity index (χ4n) is 4.99. The average Bonchev–Trinajstić information content (AvgIpc) is 3.53. The van der Waals surface area contributed by atoms with Gasteiger partial charge in [-0.05, 0) is 18.2 Å². The van der Waals surface area contributed by atoms with Gasteiger partial charge in [0.15, 0.2) is 5.01 Å². The largest absolute Gasteiger partial charge is 0.378 e. The van der Waals surface area contributed by atoms with E-state index in [-0.39, 0.29) is 29.2 Å². The highest BCUT2D eigenvalue weighted by Crippen LogP contribution is 2.36. The molecule has 0 aliphatic carbocycles. The minimum Gasteiger partial charge on any atom is -0.378 e. The molecule has 6 heterocycles. The molecule has 6 rings (SSSR count). The van der Waals surface area contributed by atoms with E-state index in [0.717, 1.165) is 24.4 Å². The Morgan fingerprint density at radius 2 is 2.03 bits per heavy atom. The molecule has 0 bridgehead atoms. The third-order valence-electron chi connectivity index (χ3n) is 7.02. The topological polar surface area (TPSA) is 101 Å². The standard InChI is InChI=1S/C22H25F3N6O4S2/c23-11-22(12-35-13-22)28-37(32,33)15-7-17-16(20-26-27-21(36-20)19(24)25)1-2-31(17)18(8-15)30-4-3-29-5-6-34-10-14(29)9-30/h1-2,7-8,14,19,28H,3-6,9-13H2/t14-/m1/s1. The zero-order valence-electron chi connectivity index (χ0n) is 19.6. The number of aromatic nitrogens is 3. The van der Waals surface area contributed by atoms with E-state index in [4.69, 9.17) is 9.47 Å². The highest BCUT2D eigenvalue weighted by Gasteiger charge is 2.43. The van der Waals surface area contributed by atoms with Crippen molar-refractivity contribution in [2.45, 2.75) is 22.9 Å². The van der Waals surface area contributed by atoms with Gasteiger partial charge >= 0.3 is 0 Å². The highest BCUT2D eigenvalue weighted by atomic mass is 32.2. The molecule has 3 aliphatic rings. The predicted octanol–water partition coefficient (Wildman–Crippen LogP) is 1.93. The summed E-state index contributed by atoms with van der Waals surface area (Å²) >= 11 is 0.756. The number of rotatable bonds is 7. The van der Waals surface area contributed by atoms with E-state index >= 15 is 0 Å². The summed E-state index contributed by atoms with van der Waals surface area (Å²) in [5, 5.41) is 7.34. The van der Waals surface area contributed by atoms with Crippen LogP contribution in [-0.2, 0) is 19.5 Å². The summed E-state index contributed by atoms with van der Waals surface area (Å²) in [6, 6.07) is 4.89. The first-order valence-electron chi connectivity index (χ1n) is 11.8. The molecule has 200 valence electrons. The second-order valence-electron chi connectivity index (χ2n) is 9.50. The van der Waals surface area contributed by atoms with E-state index in [1.165, 1.54) is 6.07 Å². The zero-order valence-corrected chi connectivity index (χ0v) is 21.3. The molecule has 0 radical (unpaired) electrons. The zero-order chi connectivity index (χ0) is 25.8. The van der Waals surface area contributed by atoms with Crippen LogP contribution in [0.4, 0.5) is 19.0 Å². The number of morpholine rings is 1. The summed E-state index contributed by atoms with van der Waals surface area (Å²) in [4.78, 5) is 4.39. The first kappa shape index (κ1) is 25.0. The third kappa shape index (κ3) is 4.51. The number of sulfonamides is 1. The number of alkyl halides is 3. The summed E-state index contributed by atoms with van der Waals surface area (Å²) in [5.41, 5.74) is -0.349. The maximum atomic E-state index is 13.7. The Labute approximate surface area is 215 Å². The van der Waals surface area contributed by atoms with E-state index in [1.54, 1.807) is 18.3 Å². The minimum atomic E-state index is -4.15. The molecular weight excluding hydrogens is 533 g/mol. The fourth-order valence-corrected chi connectivity index (χ4v) is 7.11. The smallest absolute Gasteiger partial charge is 0.291 e. The number of piperazine rings is 1. The Morgan fingerprint density at radius 1 is 1.19 bits per heavy atom.